The van der Waals surface area contributed by atoms with Gasteiger partial charge in [0.25, 0.3) is 0 Å². The van der Waals surface area contributed by atoms with E-state index in [1.165, 1.54) is 12.8 Å². The molecule has 1 aliphatic rings. The third kappa shape index (κ3) is 5.39. The Morgan fingerprint density at radius 1 is 1.24 bits per heavy atom. The Hall–Kier alpha value is -0.770. The molecule has 0 unspecified atom stereocenters. The van der Waals surface area contributed by atoms with E-state index in [1.807, 2.05) is 20.8 Å². The van der Waals surface area contributed by atoms with Crippen molar-refractivity contribution < 1.29 is 9.53 Å². The molecule has 2 atom stereocenters. The molecule has 0 bridgehead atoms. The standard InChI is InChI=1S/C13H26N2O2/c1-5-14-10-8-6-7-9-11(10)15-12(16)17-13(2,3)4/h10-11,14H,5-9H2,1-4H3,(H,15,16)/t10-,11+/m0/s1. The molecular weight excluding hydrogens is 216 g/mol. The van der Waals surface area contributed by atoms with Crippen LogP contribution in [0.15, 0.2) is 0 Å². The van der Waals surface area contributed by atoms with E-state index in [0.29, 0.717) is 6.04 Å². The van der Waals surface area contributed by atoms with Crippen LogP contribution in [0.1, 0.15) is 53.4 Å². The van der Waals surface area contributed by atoms with Crippen molar-refractivity contribution in [2.24, 2.45) is 0 Å². The molecule has 1 aliphatic carbocycles. The van der Waals surface area contributed by atoms with E-state index in [2.05, 4.69) is 17.6 Å². The lowest BCUT2D eigenvalue weighted by Gasteiger charge is -2.33. The molecule has 1 fully saturated rings. The predicted octanol–water partition coefficient (Wildman–Crippen LogP) is 2.43. The first-order valence-corrected chi connectivity index (χ1v) is 6.65. The number of alkyl carbamates (subject to hydrolysis) is 1. The van der Waals surface area contributed by atoms with Gasteiger partial charge in [-0.05, 0) is 40.2 Å². The van der Waals surface area contributed by atoms with E-state index in [4.69, 9.17) is 4.74 Å². The van der Waals surface area contributed by atoms with E-state index < -0.39 is 5.60 Å². The fraction of sp³-hybridized carbons (Fsp3) is 0.923. The topological polar surface area (TPSA) is 50.4 Å². The smallest absolute Gasteiger partial charge is 0.407 e. The lowest BCUT2D eigenvalue weighted by Crippen LogP contribution is -2.52. The minimum Gasteiger partial charge on any atom is -0.444 e. The molecule has 17 heavy (non-hydrogen) atoms. The lowest BCUT2D eigenvalue weighted by atomic mass is 9.90. The molecular formula is C13H26N2O2. The van der Waals surface area contributed by atoms with Crippen LogP contribution in [-0.2, 0) is 4.74 Å². The molecule has 0 spiro atoms. The van der Waals surface area contributed by atoms with Crippen molar-refractivity contribution in [2.75, 3.05) is 6.54 Å². The molecule has 4 heteroatoms. The van der Waals surface area contributed by atoms with E-state index in [0.717, 1.165) is 19.4 Å². The lowest BCUT2D eigenvalue weighted by molar-refractivity contribution is 0.0480. The Kier molecular flexibility index (Phi) is 5.25. The SMILES string of the molecule is CCN[C@H]1CCCC[C@H]1NC(=O)OC(C)(C)C. The number of rotatable bonds is 3. The molecule has 0 heterocycles. The Morgan fingerprint density at radius 2 is 1.82 bits per heavy atom. The van der Waals surface area contributed by atoms with Gasteiger partial charge in [-0.1, -0.05) is 19.8 Å². The van der Waals surface area contributed by atoms with E-state index in [-0.39, 0.29) is 12.1 Å². The van der Waals surface area contributed by atoms with Crippen molar-refractivity contribution in [3.8, 4) is 0 Å². The third-order valence-corrected chi connectivity index (χ3v) is 2.93. The molecule has 4 nitrogen and oxygen atoms in total. The second kappa shape index (κ2) is 6.24. The fourth-order valence-electron chi connectivity index (χ4n) is 2.27. The van der Waals surface area contributed by atoms with Crippen LogP contribution in [0, 0.1) is 0 Å². The molecule has 1 saturated carbocycles. The number of amides is 1. The number of hydrogen-bond donors (Lipinski definition) is 2. The maximum atomic E-state index is 11.7. The van der Waals surface area contributed by atoms with Crippen molar-refractivity contribution in [3.63, 3.8) is 0 Å². The average molecular weight is 242 g/mol. The van der Waals surface area contributed by atoms with Gasteiger partial charge in [0.05, 0.1) is 0 Å². The van der Waals surface area contributed by atoms with Crippen molar-refractivity contribution in [2.45, 2.75) is 71.1 Å². The maximum absolute atomic E-state index is 11.7. The molecule has 0 saturated heterocycles. The largest absolute Gasteiger partial charge is 0.444 e. The van der Waals surface area contributed by atoms with Crippen molar-refractivity contribution >= 4 is 6.09 Å². The molecule has 0 aromatic heterocycles. The zero-order valence-electron chi connectivity index (χ0n) is 11.5. The highest BCUT2D eigenvalue weighted by Gasteiger charge is 2.27. The summed E-state index contributed by atoms with van der Waals surface area (Å²) in [7, 11) is 0. The van der Waals surface area contributed by atoms with Gasteiger partial charge in [0, 0.05) is 12.1 Å². The highest BCUT2D eigenvalue weighted by molar-refractivity contribution is 5.68. The van der Waals surface area contributed by atoms with Gasteiger partial charge in [-0.2, -0.15) is 0 Å². The van der Waals surface area contributed by atoms with Crippen LogP contribution in [0.3, 0.4) is 0 Å². The summed E-state index contributed by atoms with van der Waals surface area (Å²) in [4.78, 5) is 11.7. The Bertz CT molecular complexity index is 246. The van der Waals surface area contributed by atoms with Crippen LogP contribution >= 0.6 is 0 Å². The number of carbonyl (C=O) groups is 1. The summed E-state index contributed by atoms with van der Waals surface area (Å²) in [6.07, 6.45) is 4.30. The van der Waals surface area contributed by atoms with Crippen LogP contribution in [0.4, 0.5) is 4.79 Å². The normalized spacial score (nSPS) is 25.4. The summed E-state index contributed by atoms with van der Waals surface area (Å²) in [5.41, 5.74) is -0.424. The first kappa shape index (κ1) is 14.3. The number of hydrogen-bond acceptors (Lipinski definition) is 3. The Balaban J connectivity index is 2.44. The molecule has 0 aromatic carbocycles. The highest BCUT2D eigenvalue weighted by atomic mass is 16.6. The van der Waals surface area contributed by atoms with E-state index in [1.54, 1.807) is 0 Å². The quantitative estimate of drug-likeness (QED) is 0.799. The third-order valence-electron chi connectivity index (χ3n) is 2.93. The van der Waals surface area contributed by atoms with E-state index in [9.17, 15) is 4.79 Å². The second-order valence-electron chi connectivity index (χ2n) is 5.70. The van der Waals surface area contributed by atoms with Gasteiger partial charge in [-0.3, -0.25) is 0 Å². The summed E-state index contributed by atoms with van der Waals surface area (Å²) in [6.45, 7) is 8.69. The van der Waals surface area contributed by atoms with Crippen LogP contribution in [0.5, 0.6) is 0 Å². The fourth-order valence-corrected chi connectivity index (χ4v) is 2.27. The van der Waals surface area contributed by atoms with Gasteiger partial charge in [0.2, 0.25) is 0 Å². The summed E-state index contributed by atoms with van der Waals surface area (Å²) in [5, 5.41) is 6.42. The first-order chi connectivity index (χ1) is 7.92. The number of likely N-dealkylation sites (N-methyl/N-ethyl adjacent to an activating group) is 1. The Morgan fingerprint density at radius 3 is 2.35 bits per heavy atom. The van der Waals surface area contributed by atoms with Gasteiger partial charge in [-0.25, -0.2) is 4.79 Å². The summed E-state index contributed by atoms with van der Waals surface area (Å²) in [6, 6.07) is 0.597. The monoisotopic (exact) mass is 242 g/mol. The zero-order chi connectivity index (χ0) is 12.9. The van der Waals surface area contributed by atoms with Crippen molar-refractivity contribution in [1.82, 2.24) is 10.6 Å². The van der Waals surface area contributed by atoms with Crippen molar-refractivity contribution in [1.29, 1.82) is 0 Å². The molecule has 0 aliphatic heterocycles. The van der Waals surface area contributed by atoms with Gasteiger partial charge in [0.15, 0.2) is 0 Å². The van der Waals surface area contributed by atoms with Crippen molar-refractivity contribution in [3.05, 3.63) is 0 Å². The summed E-state index contributed by atoms with van der Waals surface area (Å²) in [5.74, 6) is 0. The minimum atomic E-state index is -0.424. The first-order valence-electron chi connectivity index (χ1n) is 6.65. The molecule has 1 rings (SSSR count). The predicted molar refractivity (Wildman–Crippen MR) is 69.1 cm³/mol. The van der Waals surface area contributed by atoms with Crippen LogP contribution < -0.4 is 10.6 Å². The molecule has 0 radical (unpaired) electrons. The van der Waals surface area contributed by atoms with Crippen LogP contribution in [-0.4, -0.2) is 30.3 Å². The van der Waals surface area contributed by atoms with Gasteiger partial charge < -0.3 is 15.4 Å². The summed E-state index contributed by atoms with van der Waals surface area (Å²) < 4.78 is 5.29. The minimum absolute atomic E-state index is 0.207. The number of carbonyl (C=O) groups excluding carboxylic acids is 1. The van der Waals surface area contributed by atoms with Crippen LogP contribution in [0.25, 0.3) is 0 Å². The second-order valence-corrected chi connectivity index (χ2v) is 5.70. The molecule has 100 valence electrons. The zero-order valence-corrected chi connectivity index (χ0v) is 11.5. The highest BCUT2D eigenvalue weighted by Crippen LogP contribution is 2.19. The van der Waals surface area contributed by atoms with Gasteiger partial charge in [0.1, 0.15) is 5.60 Å². The van der Waals surface area contributed by atoms with Gasteiger partial charge in [-0.15, -0.1) is 0 Å². The van der Waals surface area contributed by atoms with E-state index >= 15 is 0 Å². The summed E-state index contributed by atoms with van der Waals surface area (Å²) >= 11 is 0. The number of nitrogens with one attached hydrogen (secondary N) is 2. The molecule has 2 N–H and O–H groups in total. The van der Waals surface area contributed by atoms with Crippen LogP contribution in [0.2, 0.25) is 0 Å². The Labute approximate surface area is 104 Å². The maximum Gasteiger partial charge on any atom is 0.407 e. The van der Waals surface area contributed by atoms with Gasteiger partial charge >= 0.3 is 6.09 Å². The average Bonchev–Trinajstić information content (AvgIpc) is 2.18. The molecule has 1 amide bonds. The molecule has 0 aromatic rings. The number of ether oxygens (including phenoxy) is 1.